The summed E-state index contributed by atoms with van der Waals surface area (Å²) in [5.74, 6) is 0.167. The van der Waals surface area contributed by atoms with Crippen molar-refractivity contribution in [2.24, 2.45) is 0 Å². The standard InChI is InChI=1S/C11H18BrN3O/c1-4-6-11(16)14(3)8-10-9(12)7-15(5-2)13-10/h7H,4-6,8H2,1-3H3. The number of hydrogen-bond acceptors (Lipinski definition) is 2. The van der Waals surface area contributed by atoms with Crippen LogP contribution < -0.4 is 0 Å². The van der Waals surface area contributed by atoms with Gasteiger partial charge in [-0.25, -0.2) is 0 Å². The number of nitrogens with zero attached hydrogens (tertiary/aromatic N) is 3. The van der Waals surface area contributed by atoms with Crippen molar-refractivity contribution in [2.45, 2.75) is 39.8 Å². The number of carbonyl (C=O) groups excluding carboxylic acids is 1. The molecule has 0 aromatic carbocycles. The maximum atomic E-state index is 11.6. The maximum absolute atomic E-state index is 11.6. The van der Waals surface area contributed by atoms with Gasteiger partial charge in [0, 0.05) is 26.2 Å². The van der Waals surface area contributed by atoms with Gasteiger partial charge in [-0.05, 0) is 29.3 Å². The van der Waals surface area contributed by atoms with E-state index in [0.29, 0.717) is 13.0 Å². The van der Waals surface area contributed by atoms with Gasteiger partial charge in [0.05, 0.1) is 16.7 Å². The largest absolute Gasteiger partial charge is 0.340 e. The molecule has 1 rings (SSSR count). The normalized spacial score (nSPS) is 10.5. The zero-order valence-electron chi connectivity index (χ0n) is 10.0. The summed E-state index contributed by atoms with van der Waals surface area (Å²) in [5, 5.41) is 4.39. The highest BCUT2D eigenvalue weighted by Crippen LogP contribution is 2.16. The molecule has 0 saturated heterocycles. The molecule has 0 bridgehead atoms. The molecule has 5 heteroatoms. The molecule has 1 aromatic heterocycles. The van der Waals surface area contributed by atoms with E-state index in [4.69, 9.17) is 0 Å². The molecule has 0 fully saturated rings. The van der Waals surface area contributed by atoms with Crippen LogP contribution in [0.5, 0.6) is 0 Å². The third-order valence-electron chi connectivity index (χ3n) is 2.39. The molecular weight excluding hydrogens is 270 g/mol. The Morgan fingerprint density at radius 1 is 1.56 bits per heavy atom. The first kappa shape index (κ1) is 13.2. The van der Waals surface area contributed by atoms with Crippen molar-refractivity contribution in [3.05, 3.63) is 16.4 Å². The fraction of sp³-hybridized carbons (Fsp3) is 0.636. The third-order valence-corrected chi connectivity index (χ3v) is 3.05. The summed E-state index contributed by atoms with van der Waals surface area (Å²) in [6.45, 7) is 5.44. The molecule has 90 valence electrons. The molecule has 1 aromatic rings. The average Bonchev–Trinajstić information content (AvgIpc) is 2.60. The maximum Gasteiger partial charge on any atom is 0.222 e. The van der Waals surface area contributed by atoms with E-state index < -0.39 is 0 Å². The van der Waals surface area contributed by atoms with E-state index >= 15 is 0 Å². The van der Waals surface area contributed by atoms with E-state index in [-0.39, 0.29) is 5.91 Å². The quantitative estimate of drug-likeness (QED) is 0.834. The topological polar surface area (TPSA) is 38.1 Å². The Labute approximate surface area is 105 Å². The van der Waals surface area contributed by atoms with Gasteiger partial charge in [0.2, 0.25) is 5.91 Å². The minimum Gasteiger partial charge on any atom is -0.340 e. The van der Waals surface area contributed by atoms with E-state index in [1.54, 1.807) is 4.90 Å². The average molecular weight is 288 g/mol. The molecule has 0 atom stereocenters. The summed E-state index contributed by atoms with van der Waals surface area (Å²) in [6.07, 6.45) is 3.42. The lowest BCUT2D eigenvalue weighted by molar-refractivity contribution is -0.130. The molecule has 0 aliphatic heterocycles. The van der Waals surface area contributed by atoms with E-state index in [2.05, 4.69) is 21.0 Å². The number of aryl methyl sites for hydroxylation is 1. The summed E-state index contributed by atoms with van der Waals surface area (Å²) in [4.78, 5) is 13.3. The molecule has 0 aliphatic rings. The summed E-state index contributed by atoms with van der Waals surface area (Å²) in [5.41, 5.74) is 0.911. The van der Waals surface area contributed by atoms with Gasteiger partial charge in [-0.15, -0.1) is 0 Å². The summed E-state index contributed by atoms with van der Waals surface area (Å²) in [6, 6.07) is 0. The van der Waals surface area contributed by atoms with Gasteiger partial charge < -0.3 is 4.90 Å². The fourth-order valence-electron chi connectivity index (χ4n) is 1.42. The summed E-state index contributed by atoms with van der Waals surface area (Å²) >= 11 is 3.45. The zero-order chi connectivity index (χ0) is 12.1. The molecule has 4 nitrogen and oxygen atoms in total. The Kier molecular flexibility index (Phi) is 4.99. The SMILES string of the molecule is CCCC(=O)N(C)Cc1nn(CC)cc1Br. The van der Waals surface area contributed by atoms with Crippen LogP contribution in [0.3, 0.4) is 0 Å². The molecular formula is C11H18BrN3O. The highest BCUT2D eigenvalue weighted by molar-refractivity contribution is 9.10. The van der Waals surface area contributed by atoms with Crippen molar-refractivity contribution >= 4 is 21.8 Å². The Bertz CT molecular complexity index is 362. The highest BCUT2D eigenvalue weighted by Gasteiger charge is 2.12. The van der Waals surface area contributed by atoms with Gasteiger partial charge in [0.15, 0.2) is 0 Å². The van der Waals surface area contributed by atoms with Crippen molar-refractivity contribution in [2.75, 3.05) is 7.05 Å². The predicted octanol–water partition coefficient (Wildman–Crippen LogP) is 2.42. The van der Waals surface area contributed by atoms with Crippen LogP contribution in [0.4, 0.5) is 0 Å². The van der Waals surface area contributed by atoms with Gasteiger partial charge >= 0.3 is 0 Å². The lowest BCUT2D eigenvalue weighted by atomic mass is 10.3. The number of carbonyl (C=O) groups is 1. The second-order valence-electron chi connectivity index (χ2n) is 3.78. The Balaban J connectivity index is 2.65. The molecule has 16 heavy (non-hydrogen) atoms. The Hall–Kier alpha value is -0.840. The van der Waals surface area contributed by atoms with E-state index in [9.17, 15) is 4.79 Å². The van der Waals surface area contributed by atoms with Gasteiger partial charge in [-0.1, -0.05) is 6.92 Å². The molecule has 0 aliphatic carbocycles. The molecule has 0 saturated carbocycles. The number of aromatic nitrogens is 2. The Morgan fingerprint density at radius 2 is 2.25 bits per heavy atom. The van der Waals surface area contributed by atoms with Crippen molar-refractivity contribution in [1.82, 2.24) is 14.7 Å². The van der Waals surface area contributed by atoms with Crippen LogP contribution >= 0.6 is 15.9 Å². The van der Waals surface area contributed by atoms with Crippen LogP contribution in [-0.4, -0.2) is 27.6 Å². The van der Waals surface area contributed by atoms with Crippen molar-refractivity contribution < 1.29 is 4.79 Å². The Morgan fingerprint density at radius 3 is 2.75 bits per heavy atom. The lowest BCUT2D eigenvalue weighted by Gasteiger charge is -2.15. The number of hydrogen-bond donors (Lipinski definition) is 0. The second-order valence-corrected chi connectivity index (χ2v) is 4.63. The summed E-state index contributed by atoms with van der Waals surface area (Å²) < 4.78 is 2.82. The minimum absolute atomic E-state index is 0.167. The van der Waals surface area contributed by atoms with Crippen LogP contribution in [0.15, 0.2) is 10.7 Å². The first-order chi connectivity index (χ1) is 7.58. The van der Waals surface area contributed by atoms with Crippen molar-refractivity contribution in [3.63, 3.8) is 0 Å². The van der Waals surface area contributed by atoms with E-state index in [1.165, 1.54) is 0 Å². The fourth-order valence-corrected chi connectivity index (χ4v) is 1.86. The molecule has 0 unspecified atom stereocenters. The van der Waals surface area contributed by atoms with Crippen molar-refractivity contribution in [1.29, 1.82) is 0 Å². The molecule has 0 spiro atoms. The van der Waals surface area contributed by atoms with Crippen LogP contribution in [0.1, 0.15) is 32.4 Å². The molecule has 1 amide bonds. The molecule has 0 N–H and O–H groups in total. The highest BCUT2D eigenvalue weighted by atomic mass is 79.9. The van der Waals surface area contributed by atoms with Gasteiger partial charge in [0.25, 0.3) is 0 Å². The van der Waals surface area contributed by atoms with Crippen LogP contribution in [-0.2, 0) is 17.9 Å². The van der Waals surface area contributed by atoms with E-state index in [1.807, 2.05) is 31.8 Å². The lowest BCUT2D eigenvalue weighted by Crippen LogP contribution is -2.26. The minimum atomic E-state index is 0.167. The second kappa shape index (κ2) is 6.03. The molecule has 0 radical (unpaired) electrons. The monoisotopic (exact) mass is 287 g/mol. The first-order valence-corrected chi connectivity index (χ1v) is 6.33. The van der Waals surface area contributed by atoms with Crippen molar-refractivity contribution in [3.8, 4) is 0 Å². The van der Waals surface area contributed by atoms with Gasteiger partial charge in [-0.2, -0.15) is 5.10 Å². The first-order valence-electron chi connectivity index (χ1n) is 5.54. The van der Waals surface area contributed by atoms with Gasteiger partial charge in [-0.3, -0.25) is 9.48 Å². The number of halogens is 1. The third kappa shape index (κ3) is 3.33. The van der Waals surface area contributed by atoms with Crippen LogP contribution in [0.25, 0.3) is 0 Å². The van der Waals surface area contributed by atoms with Crippen LogP contribution in [0.2, 0.25) is 0 Å². The van der Waals surface area contributed by atoms with E-state index in [0.717, 1.165) is 23.1 Å². The van der Waals surface area contributed by atoms with Gasteiger partial charge in [0.1, 0.15) is 0 Å². The molecule has 1 heterocycles. The summed E-state index contributed by atoms with van der Waals surface area (Å²) in [7, 11) is 1.81. The number of amides is 1. The zero-order valence-corrected chi connectivity index (χ0v) is 11.6. The van der Waals surface area contributed by atoms with Crippen LogP contribution in [0, 0.1) is 0 Å². The predicted molar refractivity (Wildman–Crippen MR) is 67.0 cm³/mol. The smallest absolute Gasteiger partial charge is 0.222 e. The number of rotatable bonds is 5.